The van der Waals surface area contributed by atoms with Gasteiger partial charge in [0.1, 0.15) is 5.82 Å². The standard InChI is InChI=1S/C16H15FN2O3/c1-21-14-8-4-6-12(15(14)22-2)10-18-19-16(20)11-5-3-7-13(17)9-11/h3-10H,1-2H3,(H,19,20). The van der Waals surface area contributed by atoms with Crippen molar-refractivity contribution in [3.63, 3.8) is 0 Å². The summed E-state index contributed by atoms with van der Waals surface area (Å²) in [5, 5.41) is 3.85. The number of nitrogens with one attached hydrogen (secondary N) is 1. The van der Waals surface area contributed by atoms with E-state index in [9.17, 15) is 9.18 Å². The Hall–Kier alpha value is -2.89. The van der Waals surface area contributed by atoms with Crippen LogP contribution in [-0.4, -0.2) is 26.3 Å². The lowest BCUT2D eigenvalue weighted by Gasteiger charge is -2.09. The van der Waals surface area contributed by atoms with E-state index in [2.05, 4.69) is 10.5 Å². The smallest absolute Gasteiger partial charge is 0.271 e. The zero-order chi connectivity index (χ0) is 15.9. The Labute approximate surface area is 127 Å². The number of carbonyl (C=O) groups is 1. The summed E-state index contributed by atoms with van der Waals surface area (Å²) in [7, 11) is 3.05. The largest absolute Gasteiger partial charge is 0.493 e. The molecule has 1 amide bonds. The van der Waals surface area contributed by atoms with E-state index in [4.69, 9.17) is 9.47 Å². The first-order chi connectivity index (χ1) is 10.7. The third-order valence-corrected chi connectivity index (χ3v) is 2.89. The Balaban J connectivity index is 2.11. The molecular weight excluding hydrogens is 287 g/mol. The van der Waals surface area contributed by atoms with Crippen molar-refractivity contribution in [3.05, 3.63) is 59.4 Å². The second-order valence-corrected chi connectivity index (χ2v) is 4.29. The molecule has 2 aromatic rings. The third-order valence-electron chi connectivity index (χ3n) is 2.89. The van der Waals surface area contributed by atoms with E-state index in [0.29, 0.717) is 17.1 Å². The highest BCUT2D eigenvalue weighted by atomic mass is 19.1. The van der Waals surface area contributed by atoms with Gasteiger partial charge in [-0.2, -0.15) is 5.10 Å². The molecule has 22 heavy (non-hydrogen) atoms. The Morgan fingerprint density at radius 2 is 1.95 bits per heavy atom. The van der Waals surface area contributed by atoms with Gasteiger partial charge in [-0.25, -0.2) is 9.82 Å². The van der Waals surface area contributed by atoms with E-state index < -0.39 is 11.7 Å². The molecule has 0 heterocycles. The molecule has 0 bridgehead atoms. The Kier molecular flexibility index (Phi) is 5.08. The van der Waals surface area contributed by atoms with Crippen LogP contribution in [0.2, 0.25) is 0 Å². The van der Waals surface area contributed by atoms with Gasteiger partial charge in [0.25, 0.3) is 5.91 Å². The number of methoxy groups -OCH3 is 2. The molecule has 0 aliphatic heterocycles. The van der Waals surface area contributed by atoms with E-state index in [1.54, 1.807) is 18.2 Å². The first-order valence-electron chi connectivity index (χ1n) is 6.45. The molecule has 0 saturated heterocycles. The normalized spacial score (nSPS) is 10.5. The molecule has 1 N–H and O–H groups in total. The average Bonchev–Trinajstić information content (AvgIpc) is 2.54. The summed E-state index contributed by atoms with van der Waals surface area (Å²) in [5.74, 6) is 0.0837. The zero-order valence-corrected chi connectivity index (χ0v) is 12.2. The number of carbonyl (C=O) groups excluding carboxylic acids is 1. The second kappa shape index (κ2) is 7.21. The lowest BCUT2D eigenvalue weighted by Crippen LogP contribution is -2.17. The van der Waals surface area contributed by atoms with E-state index >= 15 is 0 Å². The van der Waals surface area contributed by atoms with Crippen LogP contribution in [0.3, 0.4) is 0 Å². The third kappa shape index (κ3) is 3.60. The number of nitrogens with zero attached hydrogens (tertiary/aromatic N) is 1. The Bertz CT molecular complexity index is 702. The molecule has 0 saturated carbocycles. The number of hydrazone groups is 1. The van der Waals surface area contributed by atoms with E-state index in [-0.39, 0.29) is 5.56 Å². The van der Waals surface area contributed by atoms with Crippen molar-refractivity contribution < 1.29 is 18.7 Å². The van der Waals surface area contributed by atoms with Gasteiger partial charge >= 0.3 is 0 Å². The number of benzene rings is 2. The van der Waals surface area contributed by atoms with Crippen LogP contribution in [0, 0.1) is 5.82 Å². The number of para-hydroxylation sites is 1. The minimum absolute atomic E-state index is 0.190. The number of ether oxygens (including phenoxy) is 2. The summed E-state index contributed by atoms with van der Waals surface area (Å²) in [5.41, 5.74) is 3.16. The predicted molar refractivity (Wildman–Crippen MR) is 81.0 cm³/mol. The summed E-state index contributed by atoms with van der Waals surface area (Å²) >= 11 is 0. The lowest BCUT2D eigenvalue weighted by atomic mass is 10.2. The molecule has 5 nitrogen and oxygen atoms in total. The van der Waals surface area contributed by atoms with E-state index in [1.165, 1.54) is 38.6 Å². The number of hydrogen-bond donors (Lipinski definition) is 1. The first kappa shape index (κ1) is 15.5. The molecular formula is C16H15FN2O3. The van der Waals surface area contributed by atoms with Gasteiger partial charge in [-0.1, -0.05) is 12.1 Å². The molecule has 2 aromatic carbocycles. The van der Waals surface area contributed by atoms with Gasteiger partial charge in [-0.3, -0.25) is 4.79 Å². The lowest BCUT2D eigenvalue weighted by molar-refractivity contribution is 0.0954. The van der Waals surface area contributed by atoms with Gasteiger partial charge in [0, 0.05) is 11.1 Å². The van der Waals surface area contributed by atoms with Crippen molar-refractivity contribution in [3.8, 4) is 11.5 Å². The van der Waals surface area contributed by atoms with Crippen molar-refractivity contribution in [1.29, 1.82) is 0 Å². The highest BCUT2D eigenvalue weighted by Gasteiger charge is 2.08. The topological polar surface area (TPSA) is 59.9 Å². The van der Waals surface area contributed by atoms with Crippen LogP contribution in [0.1, 0.15) is 15.9 Å². The van der Waals surface area contributed by atoms with Crippen LogP contribution < -0.4 is 14.9 Å². The van der Waals surface area contributed by atoms with Crippen molar-refractivity contribution in [2.45, 2.75) is 0 Å². The quantitative estimate of drug-likeness (QED) is 0.682. The molecule has 0 aliphatic rings. The Morgan fingerprint density at radius 3 is 2.64 bits per heavy atom. The van der Waals surface area contributed by atoms with E-state index in [1.807, 2.05) is 0 Å². The predicted octanol–water partition coefficient (Wildman–Crippen LogP) is 2.61. The summed E-state index contributed by atoms with van der Waals surface area (Å²) in [6, 6.07) is 10.6. The van der Waals surface area contributed by atoms with Crippen LogP contribution in [0.5, 0.6) is 11.5 Å². The molecule has 0 spiro atoms. The number of amides is 1. The highest BCUT2D eigenvalue weighted by Crippen LogP contribution is 2.29. The molecule has 114 valence electrons. The molecule has 0 fully saturated rings. The molecule has 0 radical (unpaired) electrons. The van der Waals surface area contributed by atoms with Gasteiger partial charge in [0.05, 0.1) is 20.4 Å². The molecule has 0 unspecified atom stereocenters. The maximum Gasteiger partial charge on any atom is 0.271 e. The summed E-state index contributed by atoms with van der Waals surface area (Å²) < 4.78 is 23.5. The average molecular weight is 302 g/mol. The zero-order valence-electron chi connectivity index (χ0n) is 12.2. The van der Waals surface area contributed by atoms with Gasteiger partial charge in [0.2, 0.25) is 0 Å². The van der Waals surface area contributed by atoms with Crippen LogP contribution in [0.15, 0.2) is 47.6 Å². The second-order valence-electron chi connectivity index (χ2n) is 4.29. The fourth-order valence-corrected chi connectivity index (χ4v) is 1.87. The molecule has 0 aromatic heterocycles. The molecule has 0 aliphatic carbocycles. The van der Waals surface area contributed by atoms with Gasteiger partial charge in [0.15, 0.2) is 11.5 Å². The highest BCUT2D eigenvalue weighted by molar-refractivity contribution is 5.95. The summed E-state index contributed by atoms with van der Waals surface area (Å²) in [4.78, 5) is 11.8. The maximum absolute atomic E-state index is 13.0. The van der Waals surface area contributed by atoms with Crippen molar-refractivity contribution in [2.24, 2.45) is 5.10 Å². The minimum Gasteiger partial charge on any atom is -0.493 e. The fourth-order valence-electron chi connectivity index (χ4n) is 1.87. The van der Waals surface area contributed by atoms with Crippen LogP contribution in [0.4, 0.5) is 4.39 Å². The SMILES string of the molecule is COc1cccc(C=NNC(=O)c2cccc(F)c2)c1OC. The van der Waals surface area contributed by atoms with Gasteiger partial charge < -0.3 is 9.47 Å². The number of halogens is 1. The van der Waals surface area contributed by atoms with Crippen molar-refractivity contribution in [2.75, 3.05) is 14.2 Å². The maximum atomic E-state index is 13.0. The molecule has 6 heteroatoms. The fraction of sp³-hybridized carbons (Fsp3) is 0.125. The van der Waals surface area contributed by atoms with Gasteiger partial charge in [-0.05, 0) is 30.3 Å². The van der Waals surface area contributed by atoms with E-state index in [0.717, 1.165) is 6.07 Å². The van der Waals surface area contributed by atoms with Crippen LogP contribution >= 0.6 is 0 Å². The summed E-state index contributed by atoms with van der Waals surface area (Å²) in [6.45, 7) is 0. The number of rotatable bonds is 5. The summed E-state index contributed by atoms with van der Waals surface area (Å²) in [6.07, 6.45) is 1.43. The van der Waals surface area contributed by atoms with Crippen LogP contribution in [-0.2, 0) is 0 Å². The first-order valence-corrected chi connectivity index (χ1v) is 6.45. The minimum atomic E-state index is -0.502. The van der Waals surface area contributed by atoms with Gasteiger partial charge in [-0.15, -0.1) is 0 Å². The van der Waals surface area contributed by atoms with Crippen molar-refractivity contribution >= 4 is 12.1 Å². The monoisotopic (exact) mass is 302 g/mol. The molecule has 2 rings (SSSR count). The van der Waals surface area contributed by atoms with Crippen LogP contribution in [0.25, 0.3) is 0 Å². The van der Waals surface area contributed by atoms with Crippen molar-refractivity contribution in [1.82, 2.24) is 5.43 Å². The number of hydrogen-bond acceptors (Lipinski definition) is 4. The Morgan fingerprint density at radius 1 is 1.18 bits per heavy atom. The molecule has 0 atom stereocenters.